The van der Waals surface area contributed by atoms with Crippen LogP contribution >= 0.6 is 0 Å². The number of rotatable bonds is 4. The lowest BCUT2D eigenvalue weighted by Crippen LogP contribution is -2.28. The van der Waals surface area contributed by atoms with Crippen molar-refractivity contribution < 1.29 is 0 Å². The number of hydrogen-bond acceptors (Lipinski definition) is 1. The minimum Gasteiger partial charge on any atom is -0.312 e. The third-order valence-corrected chi connectivity index (χ3v) is 4.25. The molecule has 0 amide bonds. The van der Waals surface area contributed by atoms with E-state index < -0.39 is 0 Å². The normalized spacial score (nSPS) is 16.8. The van der Waals surface area contributed by atoms with Crippen molar-refractivity contribution in [3.8, 4) is 0 Å². The molecule has 0 aromatic heterocycles. The highest BCUT2D eigenvalue weighted by Gasteiger charge is 2.24. The third kappa shape index (κ3) is 2.57. The molecule has 2 aromatic rings. The largest absolute Gasteiger partial charge is 0.312 e. The SMILES string of the molecule is Cc1ccc(CNCC2Cc3ccccc32)cc1C. The van der Waals surface area contributed by atoms with Crippen LogP contribution in [0.3, 0.4) is 0 Å². The zero-order valence-corrected chi connectivity index (χ0v) is 11.7. The number of aryl methyl sites for hydroxylation is 2. The van der Waals surface area contributed by atoms with Crippen molar-refractivity contribution in [1.82, 2.24) is 5.32 Å². The Morgan fingerprint density at radius 2 is 1.89 bits per heavy atom. The topological polar surface area (TPSA) is 12.0 Å². The second-order valence-corrected chi connectivity index (χ2v) is 5.65. The molecule has 1 atom stereocenters. The molecule has 0 saturated heterocycles. The van der Waals surface area contributed by atoms with E-state index in [1.165, 1.54) is 34.2 Å². The summed E-state index contributed by atoms with van der Waals surface area (Å²) in [5.41, 5.74) is 7.20. The highest BCUT2D eigenvalue weighted by molar-refractivity contribution is 5.40. The van der Waals surface area contributed by atoms with Gasteiger partial charge in [-0.2, -0.15) is 0 Å². The number of fused-ring (bicyclic) bond motifs is 1. The Labute approximate surface area is 115 Å². The summed E-state index contributed by atoms with van der Waals surface area (Å²) in [6, 6.07) is 15.5. The Balaban J connectivity index is 1.53. The second-order valence-electron chi connectivity index (χ2n) is 5.65. The predicted octanol–water partition coefficient (Wildman–Crippen LogP) is 3.73. The molecule has 0 spiro atoms. The fourth-order valence-electron chi connectivity index (χ4n) is 2.85. The van der Waals surface area contributed by atoms with Gasteiger partial charge in [-0.15, -0.1) is 0 Å². The molecule has 0 bridgehead atoms. The summed E-state index contributed by atoms with van der Waals surface area (Å²) in [6.45, 7) is 6.41. The van der Waals surface area contributed by atoms with Crippen molar-refractivity contribution in [2.75, 3.05) is 6.54 Å². The molecule has 19 heavy (non-hydrogen) atoms. The Morgan fingerprint density at radius 1 is 1.05 bits per heavy atom. The van der Waals surface area contributed by atoms with E-state index in [9.17, 15) is 0 Å². The summed E-state index contributed by atoms with van der Waals surface area (Å²) >= 11 is 0. The standard InChI is InChI=1S/C18H21N/c1-13-7-8-15(9-14(13)2)11-19-12-17-10-16-5-3-4-6-18(16)17/h3-9,17,19H,10-12H2,1-2H3. The second kappa shape index (κ2) is 5.18. The fraction of sp³-hybridized carbons (Fsp3) is 0.333. The maximum atomic E-state index is 3.59. The molecule has 3 rings (SSSR count). The smallest absolute Gasteiger partial charge is 0.0205 e. The maximum absolute atomic E-state index is 3.59. The molecule has 2 aromatic carbocycles. The first-order chi connectivity index (χ1) is 9.24. The van der Waals surface area contributed by atoms with E-state index in [0.717, 1.165) is 13.1 Å². The zero-order valence-electron chi connectivity index (χ0n) is 11.7. The first kappa shape index (κ1) is 12.4. The molecular formula is C18H21N. The van der Waals surface area contributed by atoms with Crippen LogP contribution in [0.2, 0.25) is 0 Å². The minimum absolute atomic E-state index is 0.711. The molecule has 0 fully saturated rings. The van der Waals surface area contributed by atoms with Gasteiger partial charge in [-0.3, -0.25) is 0 Å². The Morgan fingerprint density at radius 3 is 2.68 bits per heavy atom. The lowest BCUT2D eigenvalue weighted by Gasteiger charge is -2.30. The van der Waals surface area contributed by atoms with Crippen molar-refractivity contribution in [3.05, 3.63) is 70.3 Å². The molecule has 1 nitrogen and oxygen atoms in total. The van der Waals surface area contributed by atoms with Crippen LogP contribution in [0.5, 0.6) is 0 Å². The summed E-state index contributed by atoms with van der Waals surface area (Å²) in [6.07, 6.45) is 1.23. The minimum atomic E-state index is 0.711. The first-order valence-electron chi connectivity index (χ1n) is 7.08. The van der Waals surface area contributed by atoms with E-state index in [1.54, 1.807) is 0 Å². The summed E-state index contributed by atoms with van der Waals surface area (Å²) in [5, 5.41) is 3.59. The molecule has 1 unspecified atom stereocenters. The van der Waals surface area contributed by atoms with Gasteiger partial charge in [-0.1, -0.05) is 42.5 Å². The number of benzene rings is 2. The Bertz CT molecular complexity index is 586. The monoisotopic (exact) mass is 251 g/mol. The zero-order chi connectivity index (χ0) is 13.2. The van der Waals surface area contributed by atoms with Gasteiger partial charge in [0, 0.05) is 19.0 Å². The van der Waals surface area contributed by atoms with Gasteiger partial charge >= 0.3 is 0 Å². The van der Waals surface area contributed by atoms with Gasteiger partial charge in [0.15, 0.2) is 0 Å². The van der Waals surface area contributed by atoms with Crippen molar-refractivity contribution in [1.29, 1.82) is 0 Å². The molecule has 0 heterocycles. The van der Waals surface area contributed by atoms with E-state index in [1.807, 2.05) is 0 Å². The fourth-order valence-corrected chi connectivity index (χ4v) is 2.85. The molecular weight excluding hydrogens is 230 g/mol. The number of hydrogen-bond donors (Lipinski definition) is 1. The summed E-state index contributed by atoms with van der Waals surface area (Å²) < 4.78 is 0. The molecule has 1 N–H and O–H groups in total. The molecule has 1 aliphatic rings. The van der Waals surface area contributed by atoms with Crippen molar-refractivity contribution >= 4 is 0 Å². The van der Waals surface area contributed by atoms with Gasteiger partial charge in [-0.25, -0.2) is 0 Å². The van der Waals surface area contributed by atoms with Crippen molar-refractivity contribution in [2.24, 2.45) is 0 Å². The van der Waals surface area contributed by atoms with E-state index in [0.29, 0.717) is 5.92 Å². The Hall–Kier alpha value is -1.60. The number of nitrogens with one attached hydrogen (secondary N) is 1. The van der Waals surface area contributed by atoms with E-state index in [2.05, 4.69) is 61.6 Å². The molecule has 0 saturated carbocycles. The molecule has 1 aliphatic carbocycles. The lowest BCUT2D eigenvalue weighted by atomic mass is 9.77. The summed E-state index contributed by atoms with van der Waals surface area (Å²) in [5.74, 6) is 0.711. The van der Waals surface area contributed by atoms with Crippen LogP contribution in [0, 0.1) is 13.8 Å². The van der Waals surface area contributed by atoms with E-state index in [-0.39, 0.29) is 0 Å². The van der Waals surface area contributed by atoms with Crippen molar-refractivity contribution in [2.45, 2.75) is 32.7 Å². The van der Waals surface area contributed by atoms with Gasteiger partial charge in [0.25, 0.3) is 0 Å². The van der Waals surface area contributed by atoms with E-state index >= 15 is 0 Å². The molecule has 98 valence electrons. The third-order valence-electron chi connectivity index (χ3n) is 4.25. The average Bonchev–Trinajstić information content (AvgIpc) is 2.39. The molecule has 0 aliphatic heterocycles. The summed E-state index contributed by atoms with van der Waals surface area (Å²) in [7, 11) is 0. The van der Waals surface area contributed by atoms with Gasteiger partial charge in [0.1, 0.15) is 0 Å². The van der Waals surface area contributed by atoms with Crippen LogP contribution in [-0.4, -0.2) is 6.54 Å². The highest BCUT2D eigenvalue weighted by Crippen LogP contribution is 2.33. The Kier molecular flexibility index (Phi) is 3.39. The van der Waals surface area contributed by atoms with Crippen LogP contribution in [0.15, 0.2) is 42.5 Å². The van der Waals surface area contributed by atoms with Crippen LogP contribution in [-0.2, 0) is 13.0 Å². The predicted molar refractivity (Wildman–Crippen MR) is 80.5 cm³/mol. The van der Waals surface area contributed by atoms with Crippen LogP contribution < -0.4 is 5.32 Å². The first-order valence-corrected chi connectivity index (χ1v) is 7.08. The van der Waals surface area contributed by atoms with Crippen LogP contribution in [0.4, 0.5) is 0 Å². The van der Waals surface area contributed by atoms with Crippen LogP contribution in [0.25, 0.3) is 0 Å². The molecule has 1 heteroatoms. The lowest BCUT2D eigenvalue weighted by molar-refractivity contribution is 0.535. The van der Waals surface area contributed by atoms with Crippen molar-refractivity contribution in [3.63, 3.8) is 0 Å². The quantitative estimate of drug-likeness (QED) is 0.873. The van der Waals surface area contributed by atoms with Gasteiger partial charge in [0.2, 0.25) is 0 Å². The van der Waals surface area contributed by atoms with Gasteiger partial charge in [-0.05, 0) is 48.1 Å². The summed E-state index contributed by atoms with van der Waals surface area (Å²) in [4.78, 5) is 0. The maximum Gasteiger partial charge on any atom is 0.0205 e. The van der Waals surface area contributed by atoms with Gasteiger partial charge < -0.3 is 5.32 Å². The molecule has 0 radical (unpaired) electrons. The highest BCUT2D eigenvalue weighted by atomic mass is 14.9. The average molecular weight is 251 g/mol. The van der Waals surface area contributed by atoms with Crippen LogP contribution in [0.1, 0.15) is 33.7 Å². The van der Waals surface area contributed by atoms with E-state index in [4.69, 9.17) is 0 Å². The van der Waals surface area contributed by atoms with Gasteiger partial charge in [0.05, 0.1) is 0 Å².